The molecule has 2 saturated heterocycles. The molecule has 1 atom stereocenters. The van der Waals surface area contributed by atoms with Crippen LogP contribution in [0.25, 0.3) is 0 Å². The summed E-state index contributed by atoms with van der Waals surface area (Å²) in [6.07, 6.45) is 1.31. The predicted octanol–water partition coefficient (Wildman–Crippen LogP) is 4.11. The SMILES string of the molecule is C[C@@H]1CN(C(=O)N2CCC(C(=O)N3CCN(c4ccccc4)CC3)CC2)c2cc(Cl)ccc2O1. The van der Waals surface area contributed by atoms with Crippen LogP contribution in [0.1, 0.15) is 19.8 Å². The van der Waals surface area contributed by atoms with E-state index in [0.29, 0.717) is 48.9 Å². The molecule has 2 aromatic carbocycles. The third kappa shape index (κ3) is 4.67. The van der Waals surface area contributed by atoms with E-state index in [0.717, 1.165) is 26.2 Å². The number of rotatable bonds is 2. The Kier molecular flexibility index (Phi) is 6.55. The van der Waals surface area contributed by atoms with Gasteiger partial charge in [0.1, 0.15) is 11.9 Å². The Morgan fingerprint density at radius 3 is 2.32 bits per heavy atom. The van der Waals surface area contributed by atoms with Gasteiger partial charge in [0.2, 0.25) is 5.91 Å². The third-order valence-electron chi connectivity index (χ3n) is 7.04. The standard InChI is InChI=1S/C26H31ClN4O3/c1-19-18-31(23-17-21(27)7-8-24(23)34-19)26(33)30-11-9-20(10-12-30)25(32)29-15-13-28(14-16-29)22-5-3-2-4-6-22/h2-8,17,19-20H,9-16,18H2,1H3/t19-/m1/s1. The minimum atomic E-state index is -0.0914. The van der Waals surface area contributed by atoms with Crippen molar-refractivity contribution in [2.75, 3.05) is 55.6 Å². The second kappa shape index (κ2) is 9.74. The van der Waals surface area contributed by atoms with Crippen molar-refractivity contribution in [1.82, 2.24) is 9.80 Å². The molecule has 3 heterocycles. The van der Waals surface area contributed by atoms with E-state index in [-0.39, 0.29) is 24.0 Å². The molecule has 5 rings (SSSR count). The summed E-state index contributed by atoms with van der Waals surface area (Å²) in [5, 5.41) is 0.575. The van der Waals surface area contributed by atoms with Gasteiger partial charge in [-0.05, 0) is 50.1 Å². The summed E-state index contributed by atoms with van der Waals surface area (Å²) in [6.45, 7) is 6.80. The van der Waals surface area contributed by atoms with Crippen LogP contribution in [-0.2, 0) is 4.79 Å². The molecule has 0 saturated carbocycles. The van der Waals surface area contributed by atoms with E-state index in [1.54, 1.807) is 17.0 Å². The predicted molar refractivity (Wildman–Crippen MR) is 134 cm³/mol. The molecule has 7 nitrogen and oxygen atoms in total. The molecule has 3 amide bonds. The van der Waals surface area contributed by atoms with Gasteiger partial charge in [-0.1, -0.05) is 29.8 Å². The summed E-state index contributed by atoms with van der Waals surface area (Å²) in [7, 11) is 0. The van der Waals surface area contributed by atoms with Gasteiger partial charge in [-0.2, -0.15) is 0 Å². The topological polar surface area (TPSA) is 56.3 Å². The van der Waals surface area contributed by atoms with Crippen LogP contribution >= 0.6 is 11.6 Å². The maximum Gasteiger partial charge on any atom is 0.324 e. The molecule has 0 unspecified atom stereocenters. The molecular weight excluding hydrogens is 452 g/mol. The van der Waals surface area contributed by atoms with Crippen LogP contribution in [0.2, 0.25) is 5.02 Å². The van der Waals surface area contributed by atoms with Crippen LogP contribution in [0.3, 0.4) is 0 Å². The second-order valence-electron chi connectivity index (χ2n) is 9.34. The fourth-order valence-corrected chi connectivity index (χ4v) is 5.33. The number of likely N-dealkylation sites (tertiary alicyclic amines) is 1. The molecule has 2 aromatic rings. The number of carbonyl (C=O) groups is 2. The number of urea groups is 1. The van der Waals surface area contributed by atoms with Crippen molar-refractivity contribution in [2.45, 2.75) is 25.9 Å². The first-order valence-corrected chi connectivity index (χ1v) is 12.5. The number of benzene rings is 2. The van der Waals surface area contributed by atoms with E-state index in [1.165, 1.54) is 5.69 Å². The molecule has 3 aliphatic heterocycles. The Balaban J connectivity index is 1.16. The number of hydrogen-bond donors (Lipinski definition) is 0. The zero-order chi connectivity index (χ0) is 23.7. The van der Waals surface area contributed by atoms with E-state index >= 15 is 0 Å². The molecule has 0 aromatic heterocycles. The maximum absolute atomic E-state index is 13.4. The lowest BCUT2D eigenvalue weighted by atomic mass is 9.95. The summed E-state index contributed by atoms with van der Waals surface area (Å²) in [6, 6.07) is 15.7. The lowest BCUT2D eigenvalue weighted by Crippen LogP contribution is -2.54. The van der Waals surface area contributed by atoms with E-state index in [1.807, 2.05) is 41.0 Å². The minimum absolute atomic E-state index is 0.0160. The Morgan fingerprint density at radius 2 is 1.62 bits per heavy atom. The van der Waals surface area contributed by atoms with Crippen molar-refractivity contribution in [3.8, 4) is 5.75 Å². The van der Waals surface area contributed by atoms with Crippen molar-refractivity contribution in [3.05, 3.63) is 53.6 Å². The summed E-state index contributed by atoms with van der Waals surface area (Å²) in [5.74, 6) is 0.894. The monoisotopic (exact) mass is 482 g/mol. The van der Waals surface area contributed by atoms with Gasteiger partial charge >= 0.3 is 6.03 Å². The Labute approximate surface area is 205 Å². The normalized spacial score (nSPS) is 21.2. The van der Waals surface area contributed by atoms with Gasteiger partial charge in [0, 0.05) is 55.9 Å². The van der Waals surface area contributed by atoms with Gasteiger partial charge in [-0.3, -0.25) is 9.69 Å². The number of anilines is 2. The van der Waals surface area contributed by atoms with Gasteiger partial charge < -0.3 is 19.4 Å². The minimum Gasteiger partial charge on any atom is -0.487 e. The molecule has 0 aliphatic carbocycles. The van der Waals surface area contributed by atoms with Gasteiger partial charge in [-0.25, -0.2) is 4.79 Å². The number of hydrogen-bond acceptors (Lipinski definition) is 4. The molecule has 180 valence electrons. The van der Waals surface area contributed by atoms with Crippen molar-refractivity contribution >= 4 is 34.9 Å². The Hall–Kier alpha value is -2.93. The van der Waals surface area contributed by atoms with Crippen LogP contribution < -0.4 is 14.5 Å². The zero-order valence-electron chi connectivity index (χ0n) is 19.5. The summed E-state index contributed by atoms with van der Waals surface area (Å²) >= 11 is 6.19. The highest BCUT2D eigenvalue weighted by molar-refractivity contribution is 6.31. The van der Waals surface area contributed by atoms with Gasteiger partial charge in [0.05, 0.1) is 12.2 Å². The summed E-state index contributed by atoms with van der Waals surface area (Å²) in [4.78, 5) is 34.5. The molecule has 0 bridgehead atoms. The lowest BCUT2D eigenvalue weighted by molar-refractivity contribution is -0.137. The van der Waals surface area contributed by atoms with Crippen LogP contribution in [0.4, 0.5) is 16.2 Å². The average Bonchev–Trinajstić information content (AvgIpc) is 2.88. The van der Waals surface area contributed by atoms with Crippen LogP contribution in [0, 0.1) is 5.92 Å². The fourth-order valence-electron chi connectivity index (χ4n) is 5.16. The van der Waals surface area contributed by atoms with E-state index in [2.05, 4.69) is 17.0 Å². The third-order valence-corrected chi connectivity index (χ3v) is 7.27. The number of piperidine rings is 1. The van der Waals surface area contributed by atoms with Gasteiger partial charge in [0.15, 0.2) is 0 Å². The second-order valence-corrected chi connectivity index (χ2v) is 9.78. The zero-order valence-corrected chi connectivity index (χ0v) is 20.3. The Bertz CT molecular complexity index is 1030. The summed E-state index contributed by atoms with van der Waals surface area (Å²) in [5.41, 5.74) is 1.92. The molecule has 3 aliphatic rings. The summed E-state index contributed by atoms with van der Waals surface area (Å²) < 4.78 is 5.88. The number of carbonyl (C=O) groups excluding carboxylic acids is 2. The molecule has 0 N–H and O–H groups in total. The van der Waals surface area contributed by atoms with Crippen molar-refractivity contribution in [3.63, 3.8) is 0 Å². The first-order valence-electron chi connectivity index (χ1n) is 12.1. The number of amides is 3. The van der Waals surface area contributed by atoms with Crippen LogP contribution in [0.5, 0.6) is 5.75 Å². The smallest absolute Gasteiger partial charge is 0.324 e. The number of para-hydroxylation sites is 1. The van der Waals surface area contributed by atoms with Gasteiger partial charge in [-0.15, -0.1) is 0 Å². The Morgan fingerprint density at radius 1 is 0.912 bits per heavy atom. The highest BCUT2D eigenvalue weighted by atomic mass is 35.5. The number of halogens is 1. The highest BCUT2D eigenvalue weighted by Crippen LogP contribution is 2.36. The molecule has 34 heavy (non-hydrogen) atoms. The van der Waals surface area contributed by atoms with E-state index < -0.39 is 0 Å². The average molecular weight is 483 g/mol. The number of ether oxygens (including phenoxy) is 1. The first kappa shape index (κ1) is 22.8. The first-order chi connectivity index (χ1) is 16.5. The molecule has 0 radical (unpaired) electrons. The molecule has 8 heteroatoms. The molecule has 2 fully saturated rings. The molecular formula is C26H31ClN4O3. The number of fused-ring (bicyclic) bond motifs is 1. The molecule has 0 spiro atoms. The van der Waals surface area contributed by atoms with Crippen molar-refractivity contribution < 1.29 is 14.3 Å². The lowest BCUT2D eigenvalue weighted by Gasteiger charge is -2.41. The maximum atomic E-state index is 13.4. The van der Waals surface area contributed by atoms with Crippen molar-refractivity contribution in [1.29, 1.82) is 0 Å². The van der Waals surface area contributed by atoms with Gasteiger partial charge in [0.25, 0.3) is 0 Å². The van der Waals surface area contributed by atoms with E-state index in [4.69, 9.17) is 16.3 Å². The van der Waals surface area contributed by atoms with E-state index in [9.17, 15) is 9.59 Å². The highest BCUT2D eigenvalue weighted by Gasteiger charge is 2.35. The fraction of sp³-hybridized carbons (Fsp3) is 0.462. The number of nitrogens with zero attached hydrogens (tertiary/aromatic N) is 4. The van der Waals surface area contributed by atoms with Crippen molar-refractivity contribution in [2.24, 2.45) is 5.92 Å². The quantitative estimate of drug-likeness (QED) is 0.646. The largest absolute Gasteiger partial charge is 0.487 e. The van der Waals surface area contributed by atoms with Crippen LogP contribution in [-0.4, -0.2) is 73.7 Å². The van der Waals surface area contributed by atoms with Crippen LogP contribution in [0.15, 0.2) is 48.5 Å². The number of piperazine rings is 1.